The summed E-state index contributed by atoms with van der Waals surface area (Å²) >= 11 is 0. The lowest BCUT2D eigenvalue weighted by atomic mass is 10.0. The number of aromatic nitrogens is 2. The fraction of sp³-hybridized carbons (Fsp3) is 0.357. The number of aromatic amines is 1. The summed E-state index contributed by atoms with van der Waals surface area (Å²) in [5.41, 5.74) is 1.17. The first kappa shape index (κ1) is 12.6. The van der Waals surface area contributed by atoms with Gasteiger partial charge in [0.15, 0.2) is 0 Å². The molecule has 2 rings (SSSR count). The molecule has 4 heteroatoms. The third kappa shape index (κ3) is 2.90. The molecule has 1 aromatic carbocycles. The number of H-pyrrole nitrogens is 1. The summed E-state index contributed by atoms with van der Waals surface area (Å²) in [6, 6.07) is 8.32. The topological polar surface area (TPSA) is 49.9 Å². The van der Waals surface area contributed by atoms with Crippen LogP contribution in [-0.4, -0.2) is 23.6 Å². The lowest BCUT2D eigenvalue weighted by molar-refractivity contribution is 0.332. The molecule has 1 atom stereocenters. The molecule has 0 aliphatic heterocycles. The highest BCUT2D eigenvalue weighted by molar-refractivity contribution is 5.36. The molecular formula is C14H19N3O. The molecule has 0 radical (unpaired) electrons. The molecule has 0 aliphatic carbocycles. The maximum Gasteiger partial charge on any atom is 0.124 e. The standard InChI is InChI=1S/C14H19N3O/c1-3-18-13-7-5-4-6-11(13)12(15-2)10-14-16-8-9-17-14/h4-9,12,15H,3,10H2,1-2H3,(H,16,17). The number of imidazole rings is 1. The molecule has 0 amide bonds. The van der Waals surface area contributed by atoms with E-state index in [4.69, 9.17) is 4.74 Å². The third-order valence-corrected chi connectivity index (χ3v) is 2.90. The Kier molecular flexibility index (Phi) is 4.36. The molecular weight excluding hydrogens is 226 g/mol. The van der Waals surface area contributed by atoms with Gasteiger partial charge in [-0.3, -0.25) is 0 Å². The molecule has 0 fully saturated rings. The van der Waals surface area contributed by atoms with Gasteiger partial charge >= 0.3 is 0 Å². The van der Waals surface area contributed by atoms with Crippen molar-refractivity contribution in [3.05, 3.63) is 48.0 Å². The Morgan fingerprint density at radius 1 is 1.39 bits per heavy atom. The van der Waals surface area contributed by atoms with E-state index < -0.39 is 0 Å². The average Bonchev–Trinajstić information content (AvgIpc) is 2.90. The molecule has 1 aromatic heterocycles. The van der Waals surface area contributed by atoms with Crippen molar-refractivity contribution in [3.63, 3.8) is 0 Å². The van der Waals surface area contributed by atoms with Gasteiger partial charge in [0, 0.05) is 30.4 Å². The average molecular weight is 245 g/mol. The van der Waals surface area contributed by atoms with Crippen LogP contribution in [0.4, 0.5) is 0 Å². The molecule has 0 saturated heterocycles. The van der Waals surface area contributed by atoms with E-state index >= 15 is 0 Å². The van der Waals surface area contributed by atoms with E-state index in [0.717, 1.165) is 18.0 Å². The zero-order valence-corrected chi connectivity index (χ0v) is 10.8. The van der Waals surface area contributed by atoms with Gasteiger partial charge in [0.05, 0.1) is 6.61 Å². The lowest BCUT2D eigenvalue weighted by Crippen LogP contribution is -2.20. The molecule has 0 saturated carbocycles. The van der Waals surface area contributed by atoms with Gasteiger partial charge in [0.2, 0.25) is 0 Å². The number of benzene rings is 1. The molecule has 2 aromatic rings. The summed E-state index contributed by atoms with van der Waals surface area (Å²) in [5, 5.41) is 3.32. The van der Waals surface area contributed by atoms with Crippen molar-refractivity contribution in [1.29, 1.82) is 0 Å². The number of ether oxygens (including phenoxy) is 1. The molecule has 2 N–H and O–H groups in total. The SMILES string of the molecule is CCOc1ccccc1C(Cc1ncc[nH]1)NC. The number of para-hydroxylation sites is 1. The van der Waals surface area contributed by atoms with Crippen LogP contribution >= 0.6 is 0 Å². The summed E-state index contributed by atoms with van der Waals surface area (Å²) in [6.07, 6.45) is 4.43. The fourth-order valence-corrected chi connectivity index (χ4v) is 2.03. The Morgan fingerprint density at radius 2 is 2.22 bits per heavy atom. The summed E-state index contributed by atoms with van der Waals surface area (Å²) in [7, 11) is 1.95. The summed E-state index contributed by atoms with van der Waals surface area (Å²) in [6.45, 7) is 2.67. The van der Waals surface area contributed by atoms with Crippen molar-refractivity contribution in [2.45, 2.75) is 19.4 Å². The Labute approximate surface area is 107 Å². The number of hydrogen-bond donors (Lipinski definition) is 2. The van der Waals surface area contributed by atoms with Crippen molar-refractivity contribution in [2.24, 2.45) is 0 Å². The zero-order chi connectivity index (χ0) is 12.8. The minimum Gasteiger partial charge on any atom is -0.494 e. The maximum absolute atomic E-state index is 5.67. The summed E-state index contributed by atoms with van der Waals surface area (Å²) < 4.78 is 5.67. The van der Waals surface area contributed by atoms with Crippen LogP contribution in [0.2, 0.25) is 0 Å². The number of nitrogens with zero attached hydrogens (tertiary/aromatic N) is 1. The first-order valence-corrected chi connectivity index (χ1v) is 6.22. The minimum absolute atomic E-state index is 0.193. The van der Waals surface area contributed by atoms with Crippen LogP contribution in [0.3, 0.4) is 0 Å². The molecule has 18 heavy (non-hydrogen) atoms. The van der Waals surface area contributed by atoms with Gasteiger partial charge < -0.3 is 15.0 Å². The second-order valence-electron chi connectivity index (χ2n) is 4.05. The molecule has 0 bridgehead atoms. The van der Waals surface area contributed by atoms with E-state index in [9.17, 15) is 0 Å². The second kappa shape index (κ2) is 6.21. The zero-order valence-electron chi connectivity index (χ0n) is 10.8. The van der Waals surface area contributed by atoms with Crippen LogP contribution in [0.15, 0.2) is 36.7 Å². The second-order valence-corrected chi connectivity index (χ2v) is 4.05. The van der Waals surface area contributed by atoms with Crippen molar-refractivity contribution in [2.75, 3.05) is 13.7 Å². The minimum atomic E-state index is 0.193. The third-order valence-electron chi connectivity index (χ3n) is 2.90. The Bertz CT molecular complexity index is 468. The predicted octanol–water partition coefficient (Wildman–Crippen LogP) is 2.31. The highest BCUT2D eigenvalue weighted by Crippen LogP contribution is 2.26. The smallest absolute Gasteiger partial charge is 0.124 e. The van der Waals surface area contributed by atoms with E-state index in [1.165, 1.54) is 5.56 Å². The van der Waals surface area contributed by atoms with Gasteiger partial charge in [-0.15, -0.1) is 0 Å². The predicted molar refractivity (Wildman–Crippen MR) is 71.7 cm³/mol. The molecule has 96 valence electrons. The number of hydrogen-bond acceptors (Lipinski definition) is 3. The quantitative estimate of drug-likeness (QED) is 0.821. The molecule has 0 aliphatic rings. The fourth-order valence-electron chi connectivity index (χ4n) is 2.03. The monoisotopic (exact) mass is 245 g/mol. The van der Waals surface area contributed by atoms with Crippen molar-refractivity contribution in [3.8, 4) is 5.75 Å². The summed E-state index contributed by atoms with van der Waals surface area (Å²) in [4.78, 5) is 7.40. The first-order valence-electron chi connectivity index (χ1n) is 6.22. The number of likely N-dealkylation sites (N-methyl/N-ethyl adjacent to an activating group) is 1. The van der Waals surface area contributed by atoms with E-state index in [0.29, 0.717) is 6.61 Å². The lowest BCUT2D eigenvalue weighted by Gasteiger charge is -2.19. The van der Waals surface area contributed by atoms with Gasteiger partial charge in [-0.1, -0.05) is 18.2 Å². The van der Waals surface area contributed by atoms with E-state index in [1.54, 1.807) is 6.20 Å². The van der Waals surface area contributed by atoms with Crippen LogP contribution in [0.5, 0.6) is 5.75 Å². The van der Waals surface area contributed by atoms with Crippen LogP contribution in [0, 0.1) is 0 Å². The number of rotatable bonds is 6. The van der Waals surface area contributed by atoms with Gasteiger partial charge in [0.25, 0.3) is 0 Å². The maximum atomic E-state index is 5.67. The van der Waals surface area contributed by atoms with Crippen molar-refractivity contribution in [1.82, 2.24) is 15.3 Å². The van der Waals surface area contributed by atoms with Gasteiger partial charge in [0.1, 0.15) is 11.6 Å². The molecule has 4 nitrogen and oxygen atoms in total. The highest BCUT2D eigenvalue weighted by Gasteiger charge is 2.15. The van der Waals surface area contributed by atoms with E-state index in [1.807, 2.05) is 38.4 Å². The van der Waals surface area contributed by atoms with Crippen LogP contribution in [-0.2, 0) is 6.42 Å². The van der Waals surface area contributed by atoms with E-state index in [-0.39, 0.29) is 6.04 Å². The molecule has 1 heterocycles. The largest absolute Gasteiger partial charge is 0.494 e. The van der Waals surface area contributed by atoms with Crippen LogP contribution in [0.25, 0.3) is 0 Å². The number of nitrogens with one attached hydrogen (secondary N) is 2. The Balaban J connectivity index is 2.21. The van der Waals surface area contributed by atoms with E-state index in [2.05, 4.69) is 21.4 Å². The first-order chi connectivity index (χ1) is 8.85. The van der Waals surface area contributed by atoms with Crippen LogP contribution in [0.1, 0.15) is 24.4 Å². The van der Waals surface area contributed by atoms with Gasteiger partial charge in [-0.25, -0.2) is 4.98 Å². The van der Waals surface area contributed by atoms with Gasteiger partial charge in [-0.05, 0) is 20.0 Å². The summed E-state index contributed by atoms with van der Waals surface area (Å²) in [5.74, 6) is 1.91. The van der Waals surface area contributed by atoms with Crippen molar-refractivity contribution >= 4 is 0 Å². The Morgan fingerprint density at radius 3 is 2.89 bits per heavy atom. The molecule has 0 spiro atoms. The Hall–Kier alpha value is -1.81. The highest BCUT2D eigenvalue weighted by atomic mass is 16.5. The van der Waals surface area contributed by atoms with Crippen molar-refractivity contribution < 1.29 is 4.74 Å². The normalized spacial score (nSPS) is 12.3. The van der Waals surface area contributed by atoms with Crippen LogP contribution < -0.4 is 10.1 Å². The van der Waals surface area contributed by atoms with Gasteiger partial charge in [-0.2, -0.15) is 0 Å². The molecule has 1 unspecified atom stereocenters.